The predicted octanol–water partition coefficient (Wildman–Crippen LogP) is 15.3. The van der Waals surface area contributed by atoms with E-state index in [1.807, 2.05) is 77.9 Å². The summed E-state index contributed by atoms with van der Waals surface area (Å²) < 4.78 is 73.5. The number of aromatic nitrogens is 2. The van der Waals surface area contributed by atoms with Gasteiger partial charge in [0.15, 0.2) is 0 Å². The van der Waals surface area contributed by atoms with Crippen molar-refractivity contribution in [1.29, 1.82) is 0 Å². The fourth-order valence-electron chi connectivity index (χ4n) is 17.8. The fourth-order valence-corrected chi connectivity index (χ4v) is 20.8. The third kappa shape index (κ3) is 81.7. The van der Waals surface area contributed by atoms with Crippen LogP contribution in [0.15, 0.2) is 48.8 Å². The maximum absolute atomic E-state index is 11.6. The largest absolute Gasteiger partial charge is 0.317 e. The first-order chi connectivity index (χ1) is 62.5. The fraction of sp³-hybridized carbons (Fsp3) is 0.905. The maximum atomic E-state index is 11.6. The molecule has 4 unspecified atom stereocenters. The molecule has 0 radical (unpaired) electrons. The summed E-state index contributed by atoms with van der Waals surface area (Å²) in [5.74, 6) is 9.29. The maximum Gasteiger partial charge on any atom is 0.211 e. The third-order valence-corrected chi connectivity index (χ3v) is 27.0. The van der Waals surface area contributed by atoms with E-state index in [9.17, 15) is 25.3 Å². The zero-order valence-corrected chi connectivity index (χ0v) is 95.2. The van der Waals surface area contributed by atoms with Crippen molar-refractivity contribution in [3.05, 3.63) is 60.2 Å². The van der Waals surface area contributed by atoms with Crippen molar-refractivity contribution in [2.24, 2.45) is 76.9 Å². The Bertz CT molecular complexity index is 3110. The van der Waals surface area contributed by atoms with Gasteiger partial charge in [0.1, 0.15) is 0 Å². The molecule has 25 nitrogen and oxygen atoms in total. The van der Waals surface area contributed by atoms with Crippen molar-refractivity contribution >= 4 is 30.1 Å². The zero-order chi connectivity index (χ0) is 101. The lowest BCUT2D eigenvalue weighted by molar-refractivity contribution is 0.130. The molecule has 0 saturated carbocycles. The molecule has 0 bridgehead atoms. The Morgan fingerprint density at radius 1 is 0.353 bits per heavy atom. The van der Waals surface area contributed by atoms with Crippen molar-refractivity contribution in [3.63, 3.8) is 0 Å². The summed E-state index contributed by atoms with van der Waals surface area (Å²) in [5, 5.41) is 20.8. The molecule has 6 aliphatic heterocycles. The molecule has 6 aliphatic rings. The second kappa shape index (κ2) is 80.0. The summed E-state index contributed by atoms with van der Waals surface area (Å²) >= 11 is 0. The highest BCUT2D eigenvalue weighted by molar-refractivity contribution is 7.88. The van der Waals surface area contributed by atoms with Crippen LogP contribution in [0.5, 0.6) is 0 Å². The topological polar surface area (TPSA) is 236 Å². The second-order valence-corrected chi connectivity index (χ2v) is 50.0. The van der Waals surface area contributed by atoms with Crippen LogP contribution in [0.4, 0.5) is 0 Å². The number of nitrogens with one attached hydrogen (secondary N) is 6. The van der Waals surface area contributed by atoms with Gasteiger partial charge in [-0.2, -0.15) is 4.31 Å². The van der Waals surface area contributed by atoms with Crippen LogP contribution in [-0.2, 0) is 43.0 Å². The van der Waals surface area contributed by atoms with Crippen LogP contribution in [0.3, 0.4) is 0 Å². The number of piperidine rings is 3. The van der Waals surface area contributed by atoms with Crippen LogP contribution in [0, 0.1) is 76.9 Å². The molecule has 2 aromatic rings. The summed E-state index contributed by atoms with van der Waals surface area (Å²) in [6.07, 6.45) is 26.2. The Kier molecular flexibility index (Phi) is 79.7. The normalized spacial score (nSPS) is 18.3. The van der Waals surface area contributed by atoms with Gasteiger partial charge in [0.25, 0.3) is 0 Å². The summed E-state index contributed by atoms with van der Waals surface area (Å²) in [5.41, 5.74) is 1.69. The molecule has 790 valence electrons. The van der Waals surface area contributed by atoms with Gasteiger partial charge in [0, 0.05) is 174 Å². The summed E-state index contributed by atoms with van der Waals surface area (Å²) in [6.45, 7) is 86.8. The summed E-state index contributed by atoms with van der Waals surface area (Å²) in [7, 11) is 4.11. The van der Waals surface area contributed by atoms with E-state index in [4.69, 9.17) is 0 Å². The Morgan fingerprint density at radius 3 is 1.08 bits per heavy atom. The minimum Gasteiger partial charge on any atom is -0.317 e. The van der Waals surface area contributed by atoms with Gasteiger partial charge in [0.2, 0.25) is 30.1 Å². The highest BCUT2D eigenvalue weighted by Gasteiger charge is 2.25. The van der Waals surface area contributed by atoms with Crippen LogP contribution in [0.2, 0.25) is 0 Å². The van der Waals surface area contributed by atoms with Crippen LogP contribution < -0.4 is 31.9 Å². The number of nitrogens with zero attached hydrogens (tertiary/aromatic N) is 13. The Hall–Kier alpha value is -2.53. The Labute approximate surface area is 826 Å². The van der Waals surface area contributed by atoms with E-state index in [0.717, 1.165) is 115 Å². The number of hydrogen-bond acceptors (Lipinski definition) is 22. The average Bonchev–Trinajstić information content (AvgIpc) is 1.42. The number of sulfonamides is 3. The number of rotatable bonds is 47. The van der Waals surface area contributed by atoms with E-state index in [-0.39, 0.29) is 0 Å². The van der Waals surface area contributed by atoms with Crippen LogP contribution in [0.1, 0.15) is 261 Å². The van der Waals surface area contributed by atoms with Crippen LogP contribution in [-0.4, -0.2) is 370 Å². The molecule has 6 saturated heterocycles. The number of hydrogen-bond donors (Lipinski definition) is 6. The molecule has 0 aromatic carbocycles. The average molecular weight is 1940 g/mol. The van der Waals surface area contributed by atoms with Crippen molar-refractivity contribution in [1.82, 2.24) is 94.0 Å². The van der Waals surface area contributed by atoms with Crippen molar-refractivity contribution in [3.8, 4) is 0 Å². The number of pyridine rings is 2. The van der Waals surface area contributed by atoms with E-state index in [1.165, 1.54) is 262 Å². The molecule has 28 heteroatoms. The predicted molar refractivity (Wildman–Crippen MR) is 579 cm³/mol. The quantitative estimate of drug-likeness (QED) is 0.0361. The minimum absolute atomic E-state index is 0.304. The highest BCUT2D eigenvalue weighted by atomic mass is 32.2. The van der Waals surface area contributed by atoms with Gasteiger partial charge in [-0.05, 0) is 280 Å². The number of unbranched alkanes of at least 4 members (excludes halogenated alkanes) is 2. The molecule has 6 N–H and O–H groups in total. The van der Waals surface area contributed by atoms with Gasteiger partial charge >= 0.3 is 0 Å². The van der Waals surface area contributed by atoms with Crippen LogP contribution in [0.25, 0.3) is 0 Å². The Morgan fingerprint density at radius 2 is 0.707 bits per heavy atom. The van der Waals surface area contributed by atoms with E-state index >= 15 is 0 Å². The van der Waals surface area contributed by atoms with Gasteiger partial charge in [-0.3, -0.25) is 19.8 Å². The summed E-state index contributed by atoms with van der Waals surface area (Å²) in [4.78, 5) is 28.1. The molecular formula is C105H221N19O6S3. The van der Waals surface area contributed by atoms with Gasteiger partial charge in [-0.1, -0.05) is 191 Å². The number of piperazine rings is 1. The van der Waals surface area contributed by atoms with E-state index in [1.54, 1.807) is 16.7 Å². The lowest BCUT2D eigenvalue weighted by Crippen LogP contribution is -2.47. The molecule has 4 atom stereocenters. The SMILES string of the molecule is CC(C)CN(C)CC1CCCCN1.CC(C)CN(C)CC1CCCN1.CC(C)CN(C)CC1CCCNC1.CC(C)CN(C)CC1CCNC1.CC(C)CN(C)CC1CCNCC1.CC(C)CN(C)CN1CCNCC1.CC(C)CN(CCc1ccccn1)S(C)(=O)=O.CC(C)CN(Cc1ccccn1)S(C)(=O)=O.CCCCN(CC(C)C)S(C)(=O)=O.CCCCN(CC)CC(C)C. The van der Waals surface area contributed by atoms with Gasteiger partial charge in [-0.25, -0.2) is 33.9 Å². The first-order valence-corrected chi connectivity index (χ1v) is 58.5. The number of likely N-dealkylation sites (N-methyl/N-ethyl adjacent to an activating group) is 2. The van der Waals surface area contributed by atoms with E-state index < -0.39 is 30.1 Å². The van der Waals surface area contributed by atoms with Gasteiger partial charge < -0.3 is 61.3 Å². The molecule has 0 amide bonds. The molecule has 8 heterocycles. The monoisotopic (exact) mass is 1940 g/mol. The molecule has 0 spiro atoms. The molecule has 133 heavy (non-hydrogen) atoms. The van der Waals surface area contributed by atoms with E-state index in [0.29, 0.717) is 63.4 Å². The standard InChI is InChI=1S/C12H20N2O2S.C11H18N2O2S.3C11H24N2.C10H23N3.2C10H22N2.C10H23N.C9H21NO2S/c1-11(2)10-14(17(3,15)16)9-7-12-6-4-5-8-13-12;1-10(2)8-13(16(3,14)15)9-11-6-4-5-7-12-11;1-10(2)8-13(3)9-11-4-6-12-7-5-11;1-10(2)8-13(3)9-11-5-4-6-12-7-11;1-10(2)8-13(3)9-11-6-4-5-7-12-11;1-10(2)8-12(3)9-13-6-4-11-5-7-13;1-9(2)7-12(3)8-10-4-5-11-6-10;1-9(2)7-12(3)8-10-5-4-6-11-10;1-5-7-8-11(6-2)9-10(3)4;1-5-6-7-10(8-9(2)3)13(4,11)12/h4-6,8,11H,7,9-10H2,1-3H3;4-7,10H,8-9H2,1-3H3;3*10-12H,4-9H2,1-3H3;10-11H,4-9H2,1-3H3;2*9-11H,4-8H2,1-3H3;10H,5-9H2,1-4H3;9H,5-8H2,1-4H3. The van der Waals surface area contributed by atoms with Crippen molar-refractivity contribution < 1.29 is 25.3 Å². The third-order valence-electron chi connectivity index (χ3n) is 23.3. The lowest BCUT2D eigenvalue weighted by Gasteiger charge is -2.31. The molecule has 0 aliphatic carbocycles. The molecule has 8 rings (SSSR count). The lowest BCUT2D eigenvalue weighted by atomic mass is 9.97. The van der Waals surface area contributed by atoms with Gasteiger partial charge in [0.05, 0.1) is 37.7 Å². The van der Waals surface area contributed by atoms with Crippen LogP contribution >= 0.6 is 0 Å². The molecular weight excluding hydrogens is 1720 g/mol. The first kappa shape index (κ1) is 133. The van der Waals surface area contributed by atoms with Crippen molar-refractivity contribution in [2.75, 3.05) is 271 Å². The Balaban J connectivity index is 0. The minimum atomic E-state index is -3.16. The summed E-state index contributed by atoms with van der Waals surface area (Å²) in [6, 6.07) is 12.7. The van der Waals surface area contributed by atoms with Crippen molar-refractivity contribution in [2.45, 2.75) is 274 Å². The molecule has 2 aromatic heterocycles. The second-order valence-electron chi connectivity index (χ2n) is 44.1. The first-order valence-electron chi connectivity index (χ1n) is 53.0. The zero-order valence-electron chi connectivity index (χ0n) is 92.7. The van der Waals surface area contributed by atoms with E-state index in [2.05, 4.69) is 241 Å². The molecule has 6 fully saturated rings. The van der Waals surface area contributed by atoms with Gasteiger partial charge in [-0.15, -0.1) is 0 Å². The highest BCUT2D eigenvalue weighted by Crippen LogP contribution is 2.18. The smallest absolute Gasteiger partial charge is 0.211 e.